The van der Waals surface area contributed by atoms with Crippen LogP contribution < -0.4 is 4.90 Å². The van der Waals surface area contributed by atoms with Crippen molar-refractivity contribution in [1.29, 1.82) is 0 Å². The molecule has 0 fully saturated rings. The Morgan fingerprint density at radius 2 is 1.58 bits per heavy atom. The summed E-state index contributed by atoms with van der Waals surface area (Å²) in [5.41, 5.74) is 8.37. The van der Waals surface area contributed by atoms with Gasteiger partial charge in [0.25, 0.3) is 0 Å². The first-order chi connectivity index (χ1) is 16.2. The van der Waals surface area contributed by atoms with E-state index in [4.69, 9.17) is 0 Å². The summed E-state index contributed by atoms with van der Waals surface area (Å²) >= 11 is 0. The lowest BCUT2D eigenvalue weighted by molar-refractivity contribution is 1.11. The van der Waals surface area contributed by atoms with Crippen LogP contribution in [-0.2, 0) is 0 Å². The molecule has 0 aliphatic heterocycles. The van der Waals surface area contributed by atoms with Gasteiger partial charge >= 0.3 is 0 Å². The average molecular weight is 432 g/mol. The van der Waals surface area contributed by atoms with Crippen molar-refractivity contribution < 1.29 is 0 Å². The van der Waals surface area contributed by atoms with Crippen molar-refractivity contribution in [3.05, 3.63) is 73.6 Å². The molecule has 0 saturated heterocycles. The minimum absolute atomic E-state index is 0.835. The topological polar surface area (TPSA) is 99.3 Å². The Hall–Kier alpha value is -4.59. The second-order valence-corrected chi connectivity index (χ2v) is 8.05. The molecule has 0 radical (unpaired) electrons. The van der Waals surface area contributed by atoms with Gasteiger partial charge in [-0.3, -0.25) is 25.0 Å². The van der Waals surface area contributed by atoms with Crippen LogP contribution in [0.25, 0.3) is 55.7 Å². The zero-order valence-electron chi connectivity index (χ0n) is 18.1. The normalized spacial score (nSPS) is 11.3. The molecule has 0 atom stereocenters. The average Bonchev–Trinajstić information content (AvgIpc) is 3.48. The van der Waals surface area contributed by atoms with E-state index in [-0.39, 0.29) is 0 Å². The molecule has 160 valence electrons. The fourth-order valence-electron chi connectivity index (χ4n) is 4.01. The second kappa shape index (κ2) is 7.52. The number of fused-ring (bicyclic) bond motifs is 2. The monoisotopic (exact) mass is 432 g/mol. The third-order valence-electron chi connectivity index (χ3n) is 5.74. The van der Waals surface area contributed by atoms with Crippen molar-refractivity contribution in [2.45, 2.75) is 0 Å². The number of aromatic amines is 2. The molecule has 0 unspecified atom stereocenters. The molecule has 0 aliphatic carbocycles. The maximum absolute atomic E-state index is 4.63. The minimum atomic E-state index is 0.835. The van der Waals surface area contributed by atoms with Gasteiger partial charge in [-0.05, 0) is 36.4 Å². The molecule has 6 aromatic heterocycles. The summed E-state index contributed by atoms with van der Waals surface area (Å²) in [7, 11) is 3.99. The molecule has 0 amide bonds. The molecule has 33 heavy (non-hydrogen) atoms. The molecule has 8 heteroatoms. The smallest absolute Gasteiger partial charge is 0.116 e. The first kappa shape index (κ1) is 19.1. The van der Waals surface area contributed by atoms with Crippen LogP contribution in [0.15, 0.2) is 73.6 Å². The molecule has 0 aliphatic rings. The van der Waals surface area contributed by atoms with Crippen molar-refractivity contribution in [2.24, 2.45) is 0 Å². The van der Waals surface area contributed by atoms with Gasteiger partial charge in [-0.25, -0.2) is 0 Å². The predicted octanol–water partition coefficient (Wildman–Crippen LogP) is 4.69. The number of rotatable bonds is 4. The first-order valence-corrected chi connectivity index (χ1v) is 10.5. The Morgan fingerprint density at radius 1 is 0.727 bits per heavy atom. The Bertz CT molecular complexity index is 1600. The predicted molar refractivity (Wildman–Crippen MR) is 130 cm³/mol. The van der Waals surface area contributed by atoms with E-state index in [1.54, 1.807) is 12.4 Å². The summed E-state index contributed by atoms with van der Waals surface area (Å²) in [5.74, 6) is 0. The van der Waals surface area contributed by atoms with Crippen molar-refractivity contribution in [3.8, 4) is 33.9 Å². The zero-order chi connectivity index (χ0) is 22.4. The summed E-state index contributed by atoms with van der Waals surface area (Å²) in [6.07, 6.45) is 10.9. The van der Waals surface area contributed by atoms with Crippen molar-refractivity contribution in [3.63, 3.8) is 0 Å². The number of nitrogens with zero attached hydrogens (tertiary/aromatic N) is 6. The molecule has 0 bridgehead atoms. The van der Waals surface area contributed by atoms with Crippen LogP contribution in [0.2, 0.25) is 0 Å². The van der Waals surface area contributed by atoms with Crippen LogP contribution in [0.1, 0.15) is 0 Å². The molecule has 0 aromatic carbocycles. The van der Waals surface area contributed by atoms with Gasteiger partial charge in [0.1, 0.15) is 5.69 Å². The Balaban J connectivity index is 1.48. The van der Waals surface area contributed by atoms with E-state index >= 15 is 0 Å². The lowest BCUT2D eigenvalue weighted by Gasteiger charge is -2.12. The van der Waals surface area contributed by atoms with E-state index in [9.17, 15) is 0 Å². The molecule has 8 nitrogen and oxygen atoms in total. The van der Waals surface area contributed by atoms with Gasteiger partial charge in [-0.1, -0.05) is 0 Å². The zero-order valence-corrected chi connectivity index (χ0v) is 18.1. The van der Waals surface area contributed by atoms with Gasteiger partial charge in [0.05, 0.1) is 40.7 Å². The SMILES string of the molecule is CN(C)c1cncc(-c2cc3c(-c4cc5c(-c6ccncc6)nccc5[nH]4)n[nH]c3cn2)c1. The van der Waals surface area contributed by atoms with Crippen LogP contribution in [0.3, 0.4) is 0 Å². The Labute approximate surface area is 189 Å². The molecule has 0 saturated carbocycles. The van der Waals surface area contributed by atoms with E-state index in [2.05, 4.69) is 53.3 Å². The number of nitrogens with one attached hydrogen (secondary N) is 2. The summed E-state index contributed by atoms with van der Waals surface area (Å²) < 4.78 is 0. The highest BCUT2D eigenvalue weighted by Gasteiger charge is 2.15. The summed E-state index contributed by atoms with van der Waals surface area (Å²) in [6, 6.07) is 12.1. The third kappa shape index (κ3) is 3.28. The van der Waals surface area contributed by atoms with Crippen molar-refractivity contribution in [1.82, 2.24) is 35.1 Å². The summed E-state index contributed by atoms with van der Waals surface area (Å²) in [4.78, 5) is 23.3. The van der Waals surface area contributed by atoms with Gasteiger partial charge in [0, 0.05) is 66.3 Å². The first-order valence-electron chi connectivity index (χ1n) is 10.5. The van der Waals surface area contributed by atoms with Gasteiger partial charge < -0.3 is 9.88 Å². The maximum Gasteiger partial charge on any atom is 0.116 e. The van der Waals surface area contributed by atoms with Crippen molar-refractivity contribution >= 4 is 27.5 Å². The molecular formula is C25H20N8. The second-order valence-electron chi connectivity index (χ2n) is 8.05. The molecule has 2 N–H and O–H groups in total. The van der Waals surface area contributed by atoms with E-state index in [1.807, 2.05) is 62.0 Å². The standard InChI is InChI=1S/C25H20N8/c1-33(2)17-9-16(12-27-13-17)21-10-19-23(14-29-21)31-32-25(19)22-11-18-20(30-22)5-8-28-24(18)15-3-6-26-7-4-15/h3-14,30H,1-2H3,(H,31,32). The lowest BCUT2D eigenvalue weighted by atomic mass is 10.1. The minimum Gasteiger partial charge on any atom is -0.376 e. The molecule has 0 spiro atoms. The highest BCUT2D eigenvalue weighted by Crippen LogP contribution is 2.33. The van der Waals surface area contributed by atoms with E-state index in [0.29, 0.717) is 0 Å². The van der Waals surface area contributed by atoms with Crippen LogP contribution >= 0.6 is 0 Å². The van der Waals surface area contributed by atoms with E-state index < -0.39 is 0 Å². The lowest BCUT2D eigenvalue weighted by Crippen LogP contribution is -2.08. The van der Waals surface area contributed by atoms with Crippen LogP contribution in [0.4, 0.5) is 5.69 Å². The van der Waals surface area contributed by atoms with Crippen LogP contribution in [0, 0.1) is 0 Å². The Kier molecular flexibility index (Phi) is 4.36. The van der Waals surface area contributed by atoms with Gasteiger partial charge in [0.15, 0.2) is 0 Å². The molecule has 6 aromatic rings. The van der Waals surface area contributed by atoms with Gasteiger partial charge in [-0.2, -0.15) is 5.10 Å². The summed E-state index contributed by atoms with van der Waals surface area (Å²) in [5, 5.41) is 9.72. The van der Waals surface area contributed by atoms with E-state index in [0.717, 1.165) is 61.4 Å². The molecular weight excluding hydrogens is 412 g/mol. The quantitative estimate of drug-likeness (QED) is 0.419. The number of hydrogen-bond donors (Lipinski definition) is 2. The van der Waals surface area contributed by atoms with Crippen LogP contribution in [0.5, 0.6) is 0 Å². The number of aromatic nitrogens is 7. The van der Waals surface area contributed by atoms with Crippen LogP contribution in [-0.4, -0.2) is 49.2 Å². The largest absolute Gasteiger partial charge is 0.376 e. The highest BCUT2D eigenvalue weighted by atomic mass is 15.1. The fraction of sp³-hybridized carbons (Fsp3) is 0.0800. The number of hydrogen-bond acceptors (Lipinski definition) is 6. The number of H-pyrrole nitrogens is 2. The van der Waals surface area contributed by atoms with Gasteiger partial charge in [-0.15, -0.1) is 0 Å². The van der Waals surface area contributed by atoms with Crippen molar-refractivity contribution in [2.75, 3.05) is 19.0 Å². The Morgan fingerprint density at radius 3 is 2.42 bits per heavy atom. The number of anilines is 1. The highest BCUT2D eigenvalue weighted by molar-refractivity contribution is 6.00. The van der Waals surface area contributed by atoms with Gasteiger partial charge in [0.2, 0.25) is 0 Å². The van der Waals surface area contributed by atoms with E-state index in [1.165, 1.54) is 0 Å². The molecule has 6 heterocycles. The summed E-state index contributed by atoms with van der Waals surface area (Å²) in [6.45, 7) is 0. The fourth-order valence-corrected chi connectivity index (χ4v) is 4.01. The third-order valence-corrected chi connectivity index (χ3v) is 5.74. The maximum atomic E-state index is 4.63. The number of pyridine rings is 4. The molecule has 6 rings (SSSR count).